The van der Waals surface area contributed by atoms with Gasteiger partial charge < -0.3 is 4.74 Å². The average Bonchev–Trinajstić information content (AvgIpc) is 2.99. The Morgan fingerprint density at radius 3 is 2.24 bits per heavy atom. The fourth-order valence-corrected chi connectivity index (χ4v) is 5.58. The van der Waals surface area contributed by atoms with Crippen molar-refractivity contribution in [1.29, 1.82) is 0 Å². The number of morpholine rings is 1. The van der Waals surface area contributed by atoms with Gasteiger partial charge in [-0.3, -0.25) is 4.90 Å². The number of benzene rings is 1. The maximum absolute atomic E-state index is 5.49. The van der Waals surface area contributed by atoms with Crippen molar-refractivity contribution >= 4 is 11.3 Å². The number of hydrogen-bond acceptors (Lipinski definition) is 3. The van der Waals surface area contributed by atoms with Gasteiger partial charge in [0.25, 0.3) is 0 Å². The lowest BCUT2D eigenvalue weighted by Gasteiger charge is -2.31. The first-order valence-corrected chi connectivity index (χ1v) is 12.2. The Kier molecular flexibility index (Phi) is 8.35. The molecule has 1 aliphatic rings. The van der Waals surface area contributed by atoms with Crippen LogP contribution in [0.15, 0.2) is 30.3 Å². The minimum absolute atomic E-state index is 0.391. The van der Waals surface area contributed by atoms with E-state index in [1.165, 1.54) is 55.5 Å². The van der Waals surface area contributed by atoms with Crippen molar-refractivity contribution < 1.29 is 4.74 Å². The SMILES string of the molecule is Cc1sc(C)c(CCC(C)(C)CCN2CCOCC2)c1CCCc1ccccc1. The number of aryl methyl sites for hydroxylation is 3. The highest BCUT2D eigenvalue weighted by Gasteiger charge is 2.22. The van der Waals surface area contributed by atoms with Crippen LogP contribution < -0.4 is 0 Å². The highest BCUT2D eigenvalue weighted by molar-refractivity contribution is 7.12. The number of ether oxygens (including phenoxy) is 1. The Morgan fingerprint density at radius 2 is 1.55 bits per heavy atom. The quantitative estimate of drug-likeness (QED) is 0.458. The summed E-state index contributed by atoms with van der Waals surface area (Å²) in [5, 5.41) is 0. The van der Waals surface area contributed by atoms with Gasteiger partial charge in [0.15, 0.2) is 0 Å². The third-order valence-corrected chi connectivity index (χ3v) is 7.62. The van der Waals surface area contributed by atoms with Crippen LogP contribution in [0.5, 0.6) is 0 Å². The Hall–Kier alpha value is -1.16. The first kappa shape index (κ1) is 22.5. The zero-order chi connectivity index (χ0) is 20.7. The second-order valence-corrected chi connectivity index (χ2v) is 10.8. The highest BCUT2D eigenvalue weighted by Crippen LogP contribution is 2.34. The van der Waals surface area contributed by atoms with Gasteiger partial charge in [0.05, 0.1) is 13.2 Å². The van der Waals surface area contributed by atoms with Crippen molar-refractivity contribution in [2.24, 2.45) is 5.41 Å². The van der Waals surface area contributed by atoms with Crippen molar-refractivity contribution in [1.82, 2.24) is 4.90 Å². The lowest BCUT2D eigenvalue weighted by atomic mass is 9.82. The van der Waals surface area contributed by atoms with Gasteiger partial charge in [-0.15, -0.1) is 11.3 Å². The van der Waals surface area contributed by atoms with Gasteiger partial charge in [0.2, 0.25) is 0 Å². The standard InChI is InChI=1S/C26H39NOS/c1-21-24(12-8-11-23-9-6-5-7-10-23)25(22(2)29-21)13-14-26(3,4)15-16-27-17-19-28-20-18-27/h5-7,9-10H,8,11-20H2,1-4H3. The molecular formula is C26H39NOS. The van der Waals surface area contributed by atoms with Crippen LogP contribution in [0, 0.1) is 19.3 Å². The van der Waals surface area contributed by atoms with Gasteiger partial charge in [0, 0.05) is 22.8 Å². The molecule has 1 fully saturated rings. The number of hydrogen-bond donors (Lipinski definition) is 0. The van der Waals surface area contributed by atoms with Gasteiger partial charge in [-0.2, -0.15) is 0 Å². The van der Waals surface area contributed by atoms with Crippen molar-refractivity contribution in [3.63, 3.8) is 0 Å². The molecule has 160 valence electrons. The summed E-state index contributed by atoms with van der Waals surface area (Å²) >= 11 is 2.01. The van der Waals surface area contributed by atoms with E-state index in [4.69, 9.17) is 4.74 Å². The van der Waals surface area contributed by atoms with Crippen LogP contribution >= 0.6 is 11.3 Å². The summed E-state index contributed by atoms with van der Waals surface area (Å²) in [6.45, 7) is 14.8. The molecule has 1 aliphatic heterocycles. The molecule has 2 aromatic rings. The Bertz CT molecular complexity index is 744. The summed E-state index contributed by atoms with van der Waals surface area (Å²) < 4.78 is 5.49. The predicted molar refractivity (Wildman–Crippen MR) is 126 cm³/mol. The zero-order valence-electron chi connectivity index (χ0n) is 18.9. The van der Waals surface area contributed by atoms with Crippen LogP contribution in [0.3, 0.4) is 0 Å². The van der Waals surface area contributed by atoms with E-state index in [-0.39, 0.29) is 0 Å². The normalized spacial score (nSPS) is 15.7. The topological polar surface area (TPSA) is 12.5 Å². The van der Waals surface area contributed by atoms with Gasteiger partial charge in [-0.05, 0) is 81.0 Å². The monoisotopic (exact) mass is 413 g/mol. The van der Waals surface area contributed by atoms with Gasteiger partial charge in [-0.25, -0.2) is 0 Å². The minimum Gasteiger partial charge on any atom is -0.379 e. The molecule has 29 heavy (non-hydrogen) atoms. The van der Waals surface area contributed by atoms with Crippen LogP contribution in [0.2, 0.25) is 0 Å². The third kappa shape index (κ3) is 6.94. The summed E-state index contributed by atoms with van der Waals surface area (Å²) in [6.07, 6.45) is 7.42. The number of nitrogens with zero attached hydrogens (tertiary/aromatic N) is 1. The van der Waals surface area contributed by atoms with Crippen LogP contribution in [0.25, 0.3) is 0 Å². The predicted octanol–water partition coefficient (Wildman–Crippen LogP) is 6.22. The summed E-state index contributed by atoms with van der Waals surface area (Å²) in [4.78, 5) is 5.65. The van der Waals surface area contributed by atoms with Crippen molar-refractivity contribution in [3.05, 3.63) is 56.8 Å². The van der Waals surface area contributed by atoms with Gasteiger partial charge in [0.1, 0.15) is 0 Å². The molecule has 3 rings (SSSR count). The van der Waals surface area contributed by atoms with E-state index >= 15 is 0 Å². The van der Waals surface area contributed by atoms with Gasteiger partial charge in [-0.1, -0.05) is 44.2 Å². The molecule has 1 aromatic carbocycles. The summed E-state index contributed by atoms with van der Waals surface area (Å²) in [5.41, 5.74) is 5.15. The van der Waals surface area contributed by atoms with Crippen LogP contribution in [-0.4, -0.2) is 37.7 Å². The average molecular weight is 414 g/mol. The van der Waals surface area contributed by atoms with Crippen LogP contribution in [-0.2, 0) is 24.0 Å². The van der Waals surface area contributed by atoms with Crippen LogP contribution in [0.1, 0.15) is 59.6 Å². The highest BCUT2D eigenvalue weighted by atomic mass is 32.1. The van der Waals surface area contributed by atoms with E-state index in [9.17, 15) is 0 Å². The van der Waals surface area contributed by atoms with Crippen molar-refractivity contribution in [2.75, 3.05) is 32.8 Å². The lowest BCUT2D eigenvalue weighted by molar-refractivity contribution is 0.0322. The molecule has 0 amide bonds. The number of rotatable bonds is 10. The fraction of sp³-hybridized carbons (Fsp3) is 0.615. The van der Waals surface area contributed by atoms with Crippen molar-refractivity contribution in [3.8, 4) is 0 Å². The zero-order valence-corrected chi connectivity index (χ0v) is 19.7. The summed E-state index contributed by atoms with van der Waals surface area (Å²) in [5.74, 6) is 0. The number of thiophene rings is 1. The molecule has 2 heterocycles. The summed E-state index contributed by atoms with van der Waals surface area (Å²) in [6, 6.07) is 10.9. The Morgan fingerprint density at radius 1 is 0.897 bits per heavy atom. The Labute approximate surface area is 182 Å². The van der Waals surface area contributed by atoms with E-state index in [0.29, 0.717) is 5.41 Å². The molecule has 0 saturated carbocycles. The molecule has 1 aromatic heterocycles. The second-order valence-electron chi connectivity index (χ2n) is 9.38. The van der Waals surface area contributed by atoms with E-state index in [1.807, 2.05) is 11.3 Å². The molecule has 0 N–H and O–H groups in total. The van der Waals surface area contributed by atoms with E-state index in [1.54, 1.807) is 16.0 Å². The molecule has 1 saturated heterocycles. The molecule has 3 heteroatoms. The molecule has 0 bridgehead atoms. The second kappa shape index (κ2) is 10.7. The lowest BCUT2D eigenvalue weighted by Crippen LogP contribution is -2.38. The molecule has 0 atom stereocenters. The fourth-order valence-electron chi connectivity index (χ4n) is 4.42. The smallest absolute Gasteiger partial charge is 0.0594 e. The maximum Gasteiger partial charge on any atom is 0.0594 e. The molecule has 2 nitrogen and oxygen atoms in total. The first-order chi connectivity index (χ1) is 13.9. The van der Waals surface area contributed by atoms with E-state index < -0.39 is 0 Å². The molecule has 0 unspecified atom stereocenters. The largest absolute Gasteiger partial charge is 0.379 e. The molecular weight excluding hydrogens is 374 g/mol. The molecule has 0 radical (unpaired) electrons. The first-order valence-electron chi connectivity index (χ1n) is 11.4. The Balaban J connectivity index is 1.52. The minimum atomic E-state index is 0.391. The molecule has 0 spiro atoms. The van der Waals surface area contributed by atoms with E-state index in [2.05, 4.69) is 62.9 Å². The van der Waals surface area contributed by atoms with Gasteiger partial charge >= 0.3 is 0 Å². The maximum atomic E-state index is 5.49. The third-order valence-electron chi connectivity index (χ3n) is 6.52. The van der Waals surface area contributed by atoms with E-state index in [0.717, 1.165) is 26.3 Å². The van der Waals surface area contributed by atoms with Crippen molar-refractivity contribution in [2.45, 2.75) is 66.2 Å². The molecule has 0 aliphatic carbocycles. The van der Waals surface area contributed by atoms with Crippen LogP contribution in [0.4, 0.5) is 0 Å². The summed E-state index contributed by atoms with van der Waals surface area (Å²) in [7, 11) is 0.